The van der Waals surface area contributed by atoms with E-state index in [4.69, 9.17) is 4.52 Å². The summed E-state index contributed by atoms with van der Waals surface area (Å²) in [6, 6.07) is 0. The Kier molecular flexibility index (Phi) is 4.30. The van der Waals surface area contributed by atoms with Gasteiger partial charge in [0.1, 0.15) is 0 Å². The van der Waals surface area contributed by atoms with Gasteiger partial charge in [0.15, 0.2) is 5.82 Å². The molecule has 0 aromatic carbocycles. The number of aromatic nitrogens is 2. The van der Waals surface area contributed by atoms with Crippen LogP contribution < -0.4 is 0 Å². The van der Waals surface area contributed by atoms with Gasteiger partial charge in [-0.15, -0.1) is 0 Å². The first-order chi connectivity index (χ1) is 8.69. The number of nitrogens with zero attached hydrogens (tertiary/aromatic N) is 3. The van der Waals surface area contributed by atoms with Gasteiger partial charge in [-0.05, 0) is 12.8 Å². The second-order valence-corrected chi connectivity index (χ2v) is 4.64. The average Bonchev–Trinajstić information content (AvgIpc) is 2.96. The Morgan fingerprint density at radius 3 is 3.06 bits per heavy atom. The van der Waals surface area contributed by atoms with E-state index >= 15 is 0 Å². The molecule has 18 heavy (non-hydrogen) atoms. The van der Waals surface area contributed by atoms with Crippen molar-refractivity contribution in [1.82, 2.24) is 15.0 Å². The first-order valence-corrected chi connectivity index (χ1v) is 6.46. The van der Waals surface area contributed by atoms with Crippen LogP contribution in [0.1, 0.15) is 37.9 Å². The number of likely N-dealkylation sites (tertiary alicyclic amines) is 1. The largest absolute Gasteiger partial charge is 0.391 e. The van der Waals surface area contributed by atoms with Gasteiger partial charge < -0.3 is 14.5 Å². The highest BCUT2D eigenvalue weighted by Crippen LogP contribution is 2.11. The number of aliphatic hydroxyl groups excluding tert-OH is 1. The van der Waals surface area contributed by atoms with Crippen LogP contribution in [-0.2, 0) is 17.6 Å². The minimum absolute atomic E-state index is 0.0433. The van der Waals surface area contributed by atoms with Crippen molar-refractivity contribution in [2.75, 3.05) is 13.1 Å². The SMILES string of the molecule is CCCc1noc(CCC(=O)N2CC[C@H](O)C2)n1. The predicted molar refractivity (Wildman–Crippen MR) is 63.8 cm³/mol. The molecule has 100 valence electrons. The van der Waals surface area contributed by atoms with Crippen LogP contribution in [0.15, 0.2) is 4.52 Å². The number of rotatable bonds is 5. The molecule has 1 aliphatic heterocycles. The summed E-state index contributed by atoms with van der Waals surface area (Å²) in [6.07, 6.45) is 2.92. The van der Waals surface area contributed by atoms with Crippen LogP contribution in [0.2, 0.25) is 0 Å². The summed E-state index contributed by atoms with van der Waals surface area (Å²) in [5.74, 6) is 1.27. The van der Waals surface area contributed by atoms with E-state index in [2.05, 4.69) is 17.1 Å². The lowest BCUT2D eigenvalue weighted by Gasteiger charge is -2.14. The second kappa shape index (κ2) is 5.95. The summed E-state index contributed by atoms with van der Waals surface area (Å²) in [7, 11) is 0. The molecule has 1 amide bonds. The molecule has 6 nitrogen and oxygen atoms in total. The van der Waals surface area contributed by atoms with Crippen molar-refractivity contribution < 1.29 is 14.4 Å². The third-order valence-electron chi connectivity index (χ3n) is 3.05. The monoisotopic (exact) mass is 253 g/mol. The van der Waals surface area contributed by atoms with Crippen LogP contribution in [0.4, 0.5) is 0 Å². The van der Waals surface area contributed by atoms with E-state index in [1.54, 1.807) is 4.90 Å². The summed E-state index contributed by atoms with van der Waals surface area (Å²) >= 11 is 0. The number of aliphatic hydroxyl groups is 1. The van der Waals surface area contributed by atoms with Crippen molar-refractivity contribution in [2.45, 2.75) is 45.1 Å². The maximum atomic E-state index is 11.8. The highest BCUT2D eigenvalue weighted by atomic mass is 16.5. The molecule has 1 N–H and O–H groups in total. The van der Waals surface area contributed by atoms with Crippen molar-refractivity contribution >= 4 is 5.91 Å². The molecule has 0 unspecified atom stereocenters. The summed E-state index contributed by atoms with van der Waals surface area (Å²) in [4.78, 5) is 17.7. The Labute approximate surface area is 106 Å². The molecule has 1 fully saturated rings. The lowest BCUT2D eigenvalue weighted by Crippen LogP contribution is -2.29. The number of carbonyl (C=O) groups excluding carboxylic acids is 1. The zero-order valence-electron chi connectivity index (χ0n) is 10.6. The van der Waals surface area contributed by atoms with Crippen molar-refractivity contribution in [3.8, 4) is 0 Å². The molecule has 1 aromatic rings. The lowest BCUT2D eigenvalue weighted by molar-refractivity contribution is -0.130. The normalized spacial score (nSPS) is 19.4. The Bertz CT molecular complexity index is 405. The fourth-order valence-corrected chi connectivity index (χ4v) is 2.06. The number of carbonyl (C=O) groups is 1. The van der Waals surface area contributed by atoms with E-state index in [-0.39, 0.29) is 12.0 Å². The Morgan fingerprint density at radius 2 is 2.39 bits per heavy atom. The van der Waals surface area contributed by atoms with E-state index in [1.807, 2.05) is 0 Å². The van der Waals surface area contributed by atoms with Gasteiger partial charge in [0.2, 0.25) is 11.8 Å². The Morgan fingerprint density at radius 1 is 1.56 bits per heavy atom. The van der Waals surface area contributed by atoms with Crippen molar-refractivity contribution in [1.29, 1.82) is 0 Å². The zero-order chi connectivity index (χ0) is 13.0. The topological polar surface area (TPSA) is 79.5 Å². The van der Waals surface area contributed by atoms with Gasteiger partial charge in [-0.25, -0.2) is 0 Å². The molecule has 1 aliphatic rings. The fourth-order valence-electron chi connectivity index (χ4n) is 2.06. The van der Waals surface area contributed by atoms with Crippen LogP contribution in [0.25, 0.3) is 0 Å². The molecule has 2 rings (SSSR count). The fraction of sp³-hybridized carbons (Fsp3) is 0.750. The van der Waals surface area contributed by atoms with E-state index in [1.165, 1.54) is 0 Å². The third kappa shape index (κ3) is 3.29. The smallest absolute Gasteiger partial charge is 0.227 e. The van der Waals surface area contributed by atoms with Crippen LogP contribution in [0.3, 0.4) is 0 Å². The van der Waals surface area contributed by atoms with E-state index in [0.717, 1.165) is 12.8 Å². The van der Waals surface area contributed by atoms with Crippen molar-refractivity contribution in [3.05, 3.63) is 11.7 Å². The van der Waals surface area contributed by atoms with E-state index < -0.39 is 0 Å². The third-order valence-corrected chi connectivity index (χ3v) is 3.05. The second-order valence-electron chi connectivity index (χ2n) is 4.64. The summed E-state index contributed by atoms with van der Waals surface area (Å²) in [6.45, 7) is 3.15. The van der Waals surface area contributed by atoms with Gasteiger partial charge in [0.25, 0.3) is 0 Å². The Hall–Kier alpha value is -1.43. The molecule has 0 spiro atoms. The number of hydrogen-bond acceptors (Lipinski definition) is 5. The minimum atomic E-state index is -0.367. The summed E-state index contributed by atoms with van der Waals surface area (Å²) in [5, 5.41) is 13.2. The molecule has 2 heterocycles. The van der Waals surface area contributed by atoms with E-state index in [9.17, 15) is 9.90 Å². The van der Waals surface area contributed by atoms with Gasteiger partial charge in [0.05, 0.1) is 6.10 Å². The highest BCUT2D eigenvalue weighted by molar-refractivity contribution is 5.76. The zero-order valence-corrected chi connectivity index (χ0v) is 10.6. The molecule has 1 aromatic heterocycles. The minimum Gasteiger partial charge on any atom is -0.391 e. The quantitative estimate of drug-likeness (QED) is 0.829. The van der Waals surface area contributed by atoms with Gasteiger partial charge in [-0.2, -0.15) is 4.98 Å². The molecule has 1 saturated heterocycles. The van der Waals surface area contributed by atoms with Crippen LogP contribution in [0, 0.1) is 0 Å². The molecule has 0 bridgehead atoms. The number of aryl methyl sites for hydroxylation is 2. The van der Waals surface area contributed by atoms with Crippen LogP contribution in [-0.4, -0.2) is 45.2 Å². The number of hydrogen-bond donors (Lipinski definition) is 1. The van der Waals surface area contributed by atoms with Gasteiger partial charge in [-0.1, -0.05) is 12.1 Å². The van der Waals surface area contributed by atoms with Crippen LogP contribution >= 0.6 is 0 Å². The van der Waals surface area contributed by atoms with Gasteiger partial charge in [0, 0.05) is 32.4 Å². The molecule has 1 atom stereocenters. The predicted octanol–water partition coefficient (Wildman–Crippen LogP) is 0.548. The molecule has 0 radical (unpaired) electrons. The average molecular weight is 253 g/mol. The van der Waals surface area contributed by atoms with E-state index in [0.29, 0.717) is 44.1 Å². The number of β-amino-alcohol motifs (C(OH)–C–C–N with tert-alkyl or cyclic N) is 1. The first-order valence-electron chi connectivity index (χ1n) is 6.46. The maximum Gasteiger partial charge on any atom is 0.227 e. The lowest BCUT2D eigenvalue weighted by atomic mass is 10.2. The van der Waals surface area contributed by atoms with Crippen molar-refractivity contribution in [2.24, 2.45) is 0 Å². The summed E-state index contributed by atoms with van der Waals surface area (Å²) in [5.41, 5.74) is 0. The summed E-state index contributed by atoms with van der Waals surface area (Å²) < 4.78 is 5.07. The first kappa shape index (κ1) is 13.0. The molecular formula is C12H19N3O3. The highest BCUT2D eigenvalue weighted by Gasteiger charge is 2.24. The molecule has 0 saturated carbocycles. The van der Waals surface area contributed by atoms with Crippen molar-refractivity contribution in [3.63, 3.8) is 0 Å². The standard InChI is InChI=1S/C12H19N3O3/c1-2-3-10-13-11(18-14-10)4-5-12(17)15-7-6-9(16)8-15/h9,16H,2-8H2,1H3/t9-/m0/s1. The molecule has 6 heteroatoms. The number of amides is 1. The molecular weight excluding hydrogens is 234 g/mol. The van der Waals surface area contributed by atoms with Gasteiger partial charge >= 0.3 is 0 Å². The molecule has 0 aliphatic carbocycles. The maximum absolute atomic E-state index is 11.8. The van der Waals surface area contributed by atoms with Crippen LogP contribution in [0.5, 0.6) is 0 Å². The Balaban J connectivity index is 1.78. The van der Waals surface area contributed by atoms with Gasteiger partial charge in [-0.3, -0.25) is 4.79 Å².